The summed E-state index contributed by atoms with van der Waals surface area (Å²) < 4.78 is 6.39. The smallest absolute Gasteiger partial charge is 0.254 e. The molecular formula is C22H20N4O4. The standard InChI is InChI=1S/C22H20N4O4/c27-20-13-18(21(28)25(20)16-7-3-1-4-8-16)24(15-11-12-15)14-19-22(29)30-23-26(19)17-9-5-2-6-10-17/h1-10,15,18H,11-14H2. The van der Waals surface area contributed by atoms with E-state index >= 15 is 0 Å². The molecule has 8 nitrogen and oxygen atoms in total. The monoisotopic (exact) mass is 404 g/mol. The van der Waals surface area contributed by atoms with Crippen LogP contribution in [0.5, 0.6) is 5.95 Å². The fraction of sp³-hybridized carbons (Fsp3) is 0.273. The number of aromatic nitrogens is 2. The highest BCUT2D eigenvalue weighted by Gasteiger charge is 2.47. The van der Waals surface area contributed by atoms with Gasteiger partial charge in [0.05, 0.1) is 30.0 Å². The molecule has 1 aliphatic heterocycles. The Hall–Kier alpha value is -3.52. The van der Waals surface area contributed by atoms with E-state index in [1.807, 2.05) is 41.3 Å². The average Bonchev–Trinajstić information content (AvgIpc) is 3.48. The summed E-state index contributed by atoms with van der Waals surface area (Å²) in [5.74, 6) is -1.03. The van der Waals surface area contributed by atoms with E-state index in [2.05, 4.69) is 5.27 Å². The molecule has 0 spiro atoms. The van der Waals surface area contributed by atoms with Crippen LogP contribution in [-0.2, 0) is 16.1 Å². The van der Waals surface area contributed by atoms with Crippen LogP contribution in [0, 0.1) is 0 Å². The first-order chi connectivity index (χ1) is 14.6. The van der Waals surface area contributed by atoms with Crippen molar-refractivity contribution >= 4 is 17.5 Å². The maximum Gasteiger partial charge on any atom is 0.254 e. The Kier molecular flexibility index (Phi) is 4.55. The van der Waals surface area contributed by atoms with Crippen molar-refractivity contribution in [1.82, 2.24) is 10.2 Å². The number of hydrogen-bond acceptors (Lipinski definition) is 6. The van der Waals surface area contributed by atoms with Crippen LogP contribution in [0.25, 0.3) is 5.69 Å². The van der Waals surface area contributed by atoms with Crippen molar-refractivity contribution in [3.05, 3.63) is 66.4 Å². The number of hydrogen-bond donors (Lipinski definition) is 0. The summed E-state index contributed by atoms with van der Waals surface area (Å²) in [4.78, 5) is 29.1. The molecule has 2 heterocycles. The van der Waals surface area contributed by atoms with E-state index in [1.54, 1.807) is 24.3 Å². The van der Waals surface area contributed by atoms with E-state index in [9.17, 15) is 14.7 Å². The molecule has 5 rings (SSSR count). The van der Waals surface area contributed by atoms with Gasteiger partial charge in [-0.3, -0.25) is 14.5 Å². The zero-order chi connectivity index (χ0) is 20.7. The van der Waals surface area contributed by atoms with Gasteiger partial charge >= 0.3 is 0 Å². The van der Waals surface area contributed by atoms with Gasteiger partial charge in [-0.1, -0.05) is 36.4 Å². The second-order valence-electron chi connectivity index (χ2n) is 7.58. The molecule has 1 aromatic heterocycles. The van der Waals surface area contributed by atoms with Crippen molar-refractivity contribution in [3.8, 4) is 11.6 Å². The number of benzene rings is 2. The van der Waals surface area contributed by atoms with Crippen LogP contribution < -0.4 is 14.7 Å². The van der Waals surface area contributed by atoms with Crippen LogP contribution in [0.4, 0.5) is 5.69 Å². The average molecular weight is 404 g/mol. The molecule has 3 aromatic rings. The zero-order valence-electron chi connectivity index (χ0n) is 16.2. The highest BCUT2D eigenvalue weighted by atomic mass is 16.6. The van der Waals surface area contributed by atoms with Crippen molar-refractivity contribution < 1.29 is 23.9 Å². The second-order valence-corrected chi connectivity index (χ2v) is 7.58. The topological polar surface area (TPSA) is 93.6 Å². The molecule has 2 fully saturated rings. The Balaban J connectivity index is 1.45. The predicted octanol–water partition coefficient (Wildman–Crippen LogP) is 1.32. The van der Waals surface area contributed by atoms with E-state index in [-0.39, 0.29) is 30.8 Å². The third-order valence-corrected chi connectivity index (χ3v) is 5.58. The predicted molar refractivity (Wildman–Crippen MR) is 103 cm³/mol. The van der Waals surface area contributed by atoms with Gasteiger partial charge in [0.25, 0.3) is 11.6 Å². The summed E-state index contributed by atoms with van der Waals surface area (Å²) in [6.45, 7) is 0.189. The molecule has 2 aliphatic rings. The molecule has 1 atom stereocenters. The molecule has 1 unspecified atom stereocenters. The van der Waals surface area contributed by atoms with E-state index in [0.29, 0.717) is 17.1 Å². The van der Waals surface area contributed by atoms with Gasteiger partial charge in [0.1, 0.15) is 0 Å². The summed E-state index contributed by atoms with van der Waals surface area (Å²) in [5.41, 5.74) is 1.61. The van der Waals surface area contributed by atoms with Crippen LogP contribution in [0.3, 0.4) is 0 Å². The second kappa shape index (κ2) is 7.38. The minimum Gasteiger partial charge on any atom is -0.539 e. The van der Waals surface area contributed by atoms with Gasteiger partial charge in [0.15, 0.2) is 5.95 Å². The van der Waals surface area contributed by atoms with Crippen LogP contribution in [0.2, 0.25) is 0 Å². The summed E-state index contributed by atoms with van der Waals surface area (Å²) in [5, 5.41) is 16.3. The van der Waals surface area contributed by atoms with Gasteiger partial charge in [-0.2, -0.15) is 0 Å². The van der Waals surface area contributed by atoms with E-state index in [0.717, 1.165) is 12.8 Å². The lowest BCUT2D eigenvalue weighted by atomic mass is 10.2. The van der Waals surface area contributed by atoms with Crippen LogP contribution >= 0.6 is 0 Å². The van der Waals surface area contributed by atoms with Crippen LogP contribution in [-0.4, -0.2) is 34.1 Å². The fourth-order valence-electron chi connectivity index (χ4n) is 3.97. The fourth-order valence-corrected chi connectivity index (χ4v) is 3.97. The van der Waals surface area contributed by atoms with Crippen molar-refractivity contribution in [1.29, 1.82) is 0 Å². The van der Waals surface area contributed by atoms with Crippen molar-refractivity contribution in [3.63, 3.8) is 0 Å². The van der Waals surface area contributed by atoms with Crippen molar-refractivity contribution in [2.75, 3.05) is 4.90 Å². The number of amides is 2. The molecule has 0 bridgehead atoms. The Morgan fingerprint density at radius 1 is 1.07 bits per heavy atom. The normalized spacial score (nSPS) is 19.1. The maximum absolute atomic E-state index is 13.2. The molecule has 1 saturated carbocycles. The van der Waals surface area contributed by atoms with Crippen molar-refractivity contribution in [2.24, 2.45) is 0 Å². The molecule has 2 aromatic carbocycles. The molecule has 0 N–H and O–H groups in total. The Labute approximate surface area is 172 Å². The zero-order valence-corrected chi connectivity index (χ0v) is 16.2. The first kappa shape index (κ1) is 18.5. The summed E-state index contributed by atoms with van der Waals surface area (Å²) in [6, 6.07) is 17.7. The van der Waals surface area contributed by atoms with Gasteiger partial charge in [-0.25, -0.2) is 4.90 Å². The van der Waals surface area contributed by atoms with E-state index in [4.69, 9.17) is 4.52 Å². The third kappa shape index (κ3) is 3.25. The minimum atomic E-state index is -0.608. The number of nitrogens with zero attached hydrogens (tertiary/aromatic N) is 4. The Morgan fingerprint density at radius 3 is 2.40 bits per heavy atom. The molecule has 8 heteroatoms. The number of rotatable bonds is 6. The summed E-state index contributed by atoms with van der Waals surface area (Å²) in [7, 11) is 0. The highest BCUT2D eigenvalue weighted by molar-refractivity contribution is 6.22. The Morgan fingerprint density at radius 2 is 1.73 bits per heavy atom. The molecule has 30 heavy (non-hydrogen) atoms. The van der Waals surface area contributed by atoms with Gasteiger partial charge in [0, 0.05) is 18.2 Å². The lowest BCUT2D eigenvalue weighted by molar-refractivity contribution is -0.678. The van der Waals surface area contributed by atoms with E-state index < -0.39 is 12.0 Å². The summed E-state index contributed by atoms with van der Waals surface area (Å²) >= 11 is 0. The van der Waals surface area contributed by atoms with Gasteiger partial charge in [-0.05, 0) is 29.7 Å². The van der Waals surface area contributed by atoms with Gasteiger partial charge in [0.2, 0.25) is 11.6 Å². The molecule has 1 saturated heterocycles. The lowest BCUT2D eigenvalue weighted by Gasteiger charge is -2.25. The molecule has 2 amide bonds. The molecular weight excluding hydrogens is 384 g/mol. The highest BCUT2D eigenvalue weighted by Crippen LogP contribution is 2.35. The molecule has 1 aliphatic carbocycles. The number of carbonyl (C=O) groups is 2. The SMILES string of the molecule is O=C1CC(N(Cc2c([O-])on[n+]2-c2ccccc2)C2CC2)C(=O)N1c1ccccc1. The molecule has 0 radical (unpaired) electrons. The largest absolute Gasteiger partial charge is 0.539 e. The number of carbonyl (C=O) groups excluding carboxylic acids is 2. The molecule has 152 valence electrons. The number of imide groups is 1. The lowest BCUT2D eigenvalue weighted by Crippen LogP contribution is -2.46. The first-order valence-corrected chi connectivity index (χ1v) is 9.94. The van der Waals surface area contributed by atoms with Crippen LogP contribution in [0.1, 0.15) is 25.0 Å². The van der Waals surface area contributed by atoms with Crippen molar-refractivity contribution in [2.45, 2.75) is 37.9 Å². The first-order valence-electron chi connectivity index (χ1n) is 9.94. The maximum atomic E-state index is 13.2. The van der Waals surface area contributed by atoms with Crippen LogP contribution in [0.15, 0.2) is 65.2 Å². The van der Waals surface area contributed by atoms with Gasteiger partial charge < -0.3 is 9.63 Å². The van der Waals surface area contributed by atoms with E-state index in [1.165, 1.54) is 9.58 Å². The number of para-hydroxylation sites is 2. The van der Waals surface area contributed by atoms with Gasteiger partial charge in [-0.15, -0.1) is 0 Å². The minimum absolute atomic E-state index is 0.0923. The third-order valence-electron chi connectivity index (χ3n) is 5.58. The quantitative estimate of drug-likeness (QED) is 0.454. The summed E-state index contributed by atoms with van der Waals surface area (Å²) in [6.07, 6.45) is 1.94. The Bertz CT molecular complexity index is 1080. The number of anilines is 1.